The molecule has 138 valence electrons. The Kier molecular flexibility index (Phi) is 9.26. The summed E-state index contributed by atoms with van der Waals surface area (Å²) in [6, 6.07) is 3.49. The highest BCUT2D eigenvalue weighted by atomic mass is 127. The second-order valence-corrected chi connectivity index (χ2v) is 6.70. The van der Waals surface area contributed by atoms with Crippen molar-refractivity contribution in [1.29, 1.82) is 0 Å². The third-order valence-electron chi connectivity index (χ3n) is 3.62. The summed E-state index contributed by atoms with van der Waals surface area (Å²) in [7, 11) is 1.68. The van der Waals surface area contributed by atoms with E-state index in [0.29, 0.717) is 31.0 Å². The van der Waals surface area contributed by atoms with Crippen LogP contribution in [0, 0.1) is 25.5 Å². The molecule has 2 rings (SSSR count). The van der Waals surface area contributed by atoms with E-state index >= 15 is 0 Å². The van der Waals surface area contributed by atoms with Crippen LogP contribution in [0.25, 0.3) is 0 Å². The summed E-state index contributed by atoms with van der Waals surface area (Å²) in [6.07, 6.45) is 1.20. The van der Waals surface area contributed by atoms with Gasteiger partial charge in [-0.15, -0.1) is 35.3 Å². The van der Waals surface area contributed by atoms with Gasteiger partial charge < -0.3 is 10.6 Å². The molecule has 25 heavy (non-hydrogen) atoms. The Morgan fingerprint density at radius 3 is 2.44 bits per heavy atom. The highest BCUT2D eigenvalue weighted by Gasteiger charge is 2.06. The minimum Gasteiger partial charge on any atom is -0.356 e. The second kappa shape index (κ2) is 10.6. The molecule has 2 N–H and O–H groups in total. The van der Waals surface area contributed by atoms with E-state index in [1.165, 1.54) is 10.9 Å². The molecule has 0 radical (unpaired) electrons. The van der Waals surface area contributed by atoms with Gasteiger partial charge in [-0.3, -0.25) is 4.99 Å². The average Bonchev–Trinajstić information content (AvgIpc) is 2.87. The van der Waals surface area contributed by atoms with Crippen LogP contribution in [-0.2, 0) is 12.8 Å². The minimum atomic E-state index is -0.428. The van der Waals surface area contributed by atoms with E-state index in [9.17, 15) is 8.78 Å². The molecule has 0 fully saturated rings. The van der Waals surface area contributed by atoms with Gasteiger partial charge in [0.1, 0.15) is 11.6 Å². The van der Waals surface area contributed by atoms with Crippen molar-refractivity contribution in [2.75, 3.05) is 20.1 Å². The van der Waals surface area contributed by atoms with E-state index in [-0.39, 0.29) is 24.0 Å². The van der Waals surface area contributed by atoms with Gasteiger partial charge in [-0.1, -0.05) is 0 Å². The predicted octanol–water partition coefficient (Wildman–Crippen LogP) is 3.61. The smallest absolute Gasteiger partial charge is 0.191 e. The van der Waals surface area contributed by atoms with Gasteiger partial charge in [0.05, 0.1) is 10.7 Å². The zero-order valence-corrected chi connectivity index (χ0v) is 17.7. The maximum Gasteiger partial charge on any atom is 0.191 e. The number of guanidine groups is 1. The summed E-state index contributed by atoms with van der Waals surface area (Å²) in [6.45, 7) is 5.25. The summed E-state index contributed by atoms with van der Waals surface area (Å²) in [5.74, 6) is -0.185. The van der Waals surface area contributed by atoms with Gasteiger partial charge in [0.15, 0.2) is 5.96 Å². The monoisotopic (exact) mass is 480 g/mol. The molecule has 0 saturated heterocycles. The van der Waals surface area contributed by atoms with Crippen molar-refractivity contribution >= 4 is 41.3 Å². The number of hydrogen-bond acceptors (Lipinski definition) is 3. The maximum absolute atomic E-state index is 13.6. The first-order valence-corrected chi connectivity index (χ1v) is 8.62. The molecule has 2 aromatic rings. The van der Waals surface area contributed by atoms with Gasteiger partial charge in [-0.05, 0) is 44.0 Å². The first-order chi connectivity index (χ1) is 11.5. The van der Waals surface area contributed by atoms with Crippen molar-refractivity contribution in [3.63, 3.8) is 0 Å². The molecule has 1 heterocycles. The van der Waals surface area contributed by atoms with Gasteiger partial charge in [0.25, 0.3) is 0 Å². The van der Waals surface area contributed by atoms with Gasteiger partial charge in [0, 0.05) is 31.4 Å². The van der Waals surface area contributed by atoms with Crippen LogP contribution in [0.2, 0.25) is 0 Å². The van der Waals surface area contributed by atoms with Crippen molar-refractivity contribution in [2.45, 2.75) is 26.7 Å². The summed E-state index contributed by atoms with van der Waals surface area (Å²) in [5, 5.41) is 7.39. The molecule has 0 saturated carbocycles. The van der Waals surface area contributed by atoms with Gasteiger partial charge in [-0.25, -0.2) is 13.8 Å². The van der Waals surface area contributed by atoms with Gasteiger partial charge in [0.2, 0.25) is 0 Å². The average molecular weight is 480 g/mol. The Bertz CT molecular complexity index is 699. The van der Waals surface area contributed by atoms with Crippen LogP contribution in [0.3, 0.4) is 0 Å². The molecule has 1 aromatic heterocycles. The van der Waals surface area contributed by atoms with Gasteiger partial charge >= 0.3 is 0 Å². The first-order valence-electron chi connectivity index (χ1n) is 7.81. The number of aliphatic imine (C=N–C) groups is 1. The Morgan fingerprint density at radius 2 is 1.84 bits per heavy atom. The lowest BCUT2D eigenvalue weighted by Gasteiger charge is -2.11. The second-order valence-electron chi connectivity index (χ2n) is 5.41. The number of rotatable bonds is 6. The minimum absolute atomic E-state index is 0. The van der Waals surface area contributed by atoms with Crippen LogP contribution in [0.4, 0.5) is 8.78 Å². The number of benzene rings is 1. The van der Waals surface area contributed by atoms with Crippen molar-refractivity contribution in [3.8, 4) is 0 Å². The molecule has 1 aromatic carbocycles. The highest BCUT2D eigenvalue weighted by Crippen LogP contribution is 2.16. The predicted molar refractivity (Wildman–Crippen MR) is 110 cm³/mol. The largest absolute Gasteiger partial charge is 0.356 e. The number of thiazole rings is 1. The van der Waals surface area contributed by atoms with Crippen molar-refractivity contribution in [3.05, 3.63) is 51.0 Å². The van der Waals surface area contributed by atoms with Crippen molar-refractivity contribution in [1.82, 2.24) is 15.6 Å². The van der Waals surface area contributed by atoms with E-state index < -0.39 is 11.6 Å². The molecule has 0 aliphatic rings. The van der Waals surface area contributed by atoms with Crippen LogP contribution < -0.4 is 10.6 Å². The molecule has 8 heteroatoms. The number of aromatic nitrogens is 1. The number of halogens is 3. The summed E-state index contributed by atoms with van der Waals surface area (Å²) in [4.78, 5) is 9.86. The standard InChI is InChI=1S/C17H22F2N4S.HI/c1-11-12(2)24-16(23-11)7-9-22-17(20-3)21-8-6-13-10-14(18)4-5-15(13)19;/h4-5,10H,6-9H2,1-3H3,(H2,20,21,22);1H. The zero-order valence-electron chi connectivity index (χ0n) is 14.5. The van der Waals surface area contributed by atoms with Gasteiger partial charge in [-0.2, -0.15) is 0 Å². The quantitative estimate of drug-likeness (QED) is 0.378. The van der Waals surface area contributed by atoms with Crippen LogP contribution in [0.1, 0.15) is 21.1 Å². The van der Waals surface area contributed by atoms with E-state index in [2.05, 4.69) is 27.5 Å². The van der Waals surface area contributed by atoms with E-state index in [1.54, 1.807) is 18.4 Å². The lowest BCUT2D eigenvalue weighted by molar-refractivity contribution is 0.583. The highest BCUT2D eigenvalue weighted by molar-refractivity contribution is 14.0. The summed E-state index contributed by atoms with van der Waals surface area (Å²) >= 11 is 1.70. The molecule has 0 bridgehead atoms. The molecule has 0 amide bonds. The number of nitrogens with zero attached hydrogens (tertiary/aromatic N) is 2. The zero-order chi connectivity index (χ0) is 17.5. The molecular formula is C17H23F2IN4S. The summed E-state index contributed by atoms with van der Waals surface area (Å²) < 4.78 is 26.7. The van der Waals surface area contributed by atoms with Crippen LogP contribution in [0.5, 0.6) is 0 Å². The summed E-state index contributed by atoms with van der Waals surface area (Å²) in [5.41, 5.74) is 1.43. The Hall–Kier alpha value is -1.29. The number of nitrogens with one attached hydrogen (secondary N) is 2. The topological polar surface area (TPSA) is 49.3 Å². The lowest BCUT2D eigenvalue weighted by atomic mass is 10.1. The fourth-order valence-electron chi connectivity index (χ4n) is 2.21. The molecule has 0 unspecified atom stereocenters. The Balaban J connectivity index is 0.00000312. The molecule has 0 aliphatic heterocycles. The Morgan fingerprint density at radius 1 is 1.16 bits per heavy atom. The molecular weight excluding hydrogens is 457 g/mol. The normalized spacial score (nSPS) is 11.2. The molecule has 0 atom stereocenters. The SMILES string of the molecule is CN=C(NCCc1nc(C)c(C)s1)NCCc1cc(F)ccc1F.I. The maximum atomic E-state index is 13.6. The fourth-order valence-corrected chi connectivity index (χ4v) is 3.14. The van der Waals surface area contributed by atoms with E-state index in [4.69, 9.17) is 0 Å². The molecule has 0 aliphatic carbocycles. The molecule has 4 nitrogen and oxygen atoms in total. The van der Waals surface area contributed by atoms with E-state index in [1.807, 2.05) is 6.92 Å². The third-order valence-corrected chi connectivity index (χ3v) is 4.75. The number of aryl methyl sites for hydroxylation is 2. The Labute approximate surface area is 168 Å². The van der Waals surface area contributed by atoms with E-state index in [0.717, 1.165) is 29.3 Å². The third kappa shape index (κ3) is 6.85. The first kappa shape index (κ1) is 21.8. The van der Waals surface area contributed by atoms with Crippen molar-refractivity contribution in [2.24, 2.45) is 4.99 Å². The number of hydrogen-bond donors (Lipinski definition) is 2. The fraction of sp³-hybridized carbons (Fsp3) is 0.412. The van der Waals surface area contributed by atoms with Crippen molar-refractivity contribution < 1.29 is 8.78 Å². The van der Waals surface area contributed by atoms with Crippen LogP contribution in [-0.4, -0.2) is 31.1 Å². The van der Waals surface area contributed by atoms with Crippen LogP contribution >= 0.6 is 35.3 Å². The van der Waals surface area contributed by atoms with Crippen LogP contribution in [0.15, 0.2) is 23.2 Å². The lowest BCUT2D eigenvalue weighted by Crippen LogP contribution is -2.39. The molecule has 0 spiro atoms.